The lowest BCUT2D eigenvalue weighted by Gasteiger charge is -2.09. The summed E-state index contributed by atoms with van der Waals surface area (Å²) in [5.74, 6) is 0. The van der Waals surface area contributed by atoms with Crippen molar-refractivity contribution in [3.05, 3.63) is 33.8 Å². The molecular weight excluding hydrogens is 263 g/mol. The van der Waals surface area contributed by atoms with Gasteiger partial charge in [-0.1, -0.05) is 39.1 Å². The van der Waals surface area contributed by atoms with Gasteiger partial charge >= 0.3 is 0 Å². The van der Waals surface area contributed by atoms with Crippen molar-refractivity contribution in [2.24, 2.45) is 0 Å². The maximum atomic E-state index is 9.44. The highest BCUT2D eigenvalue weighted by atomic mass is 79.9. The fraction of sp³-hybridized carbons (Fsp3) is 0.250. The summed E-state index contributed by atoms with van der Waals surface area (Å²) in [6.45, 7) is 0. The number of hydrogen-bond acceptors (Lipinski definition) is 1. The number of benzene rings is 1. The Morgan fingerprint density at radius 1 is 1.42 bits per heavy atom. The number of alkyl halides is 1. The van der Waals surface area contributed by atoms with Gasteiger partial charge in [0.15, 0.2) is 0 Å². The van der Waals surface area contributed by atoms with Crippen molar-refractivity contribution < 1.29 is 5.11 Å². The average Bonchev–Trinajstić information content (AvgIpc) is 2.08. The molecule has 0 aliphatic heterocycles. The monoisotopic (exact) mass is 268 g/mol. The maximum Gasteiger partial charge on any atom is 0.0901 e. The fourth-order valence-electron chi connectivity index (χ4n) is 0.853. The summed E-state index contributed by atoms with van der Waals surface area (Å²) in [4.78, 5) is 0. The maximum absolute atomic E-state index is 9.44. The molecule has 66 valence electrons. The van der Waals surface area contributed by atoms with Crippen molar-refractivity contribution in [3.8, 4) is 0 Å². The van der Waals surface area contributed by atoms with Crippen molar-refractivity contribution in [1.82, 2.24) is 0 Å². The standard InChI is InChI=1S/C8H7BrCl2O/c9-4-8(12)6-3-5(10)1-2-7(6)11/h1-3,8,12H,4H2/t8-/m1/s1. The Labute approximate surface area is 89.4 Å². The lowest BCUT2D eigenvalue weighted by molar-refractivity contribution is 0.205. The van der Waals surface area contributed by atoms with Gasteiger partial charge in [-0.3, -0.25) is 0 Å². The Kier molecular flexibility index (Phi) is 3.84. The van der Waals surface area contributed by atoms with Crippen LogP contribution in [-0.4, -0.2) is 10.4 Å². The molecule has 0 fully saturated rings. The minimum absolute atomic E-state index is 0.451. The van der Waals surface area contributed by atoms with Crippen LogP contribution in [0.4, 0.5) is 0 Å². The van der Waals surface area contributed by atoms with Crippen LogP contribution in [0.25, 0.3) is 0 Å². The molecule has 1 N–H and O–H groups in total. The molecule has 0 aliphatic rings. The zero-order chi connectivity index (χ0) is 9.14. The molecule has 0 amide bonds. The van der Waals surface area contributed by atoms with Gasteiger partial charge in [0.2, 0.25) is 0 Å². The van der Waals surface area contributed by atoms with Gasteiger partial charge in [-0.25, -0.2) is 0 Å². The van der Waals surface area contributed by atoms with Crippen molar-refractivity contribution in [2.45, 2.75) is 6.10 Å². The first kappa shape index (κ1) is 10.3. The van der Waals surface area contributed by atoms with Gasteiger partial charge in [0.25, 0.3) is 0 Å². The molecule has 0 bridgehead atoms. The molecule has 1 nitrogen and oxygen atoms in total. The largest absolute Gasteiger partial charge is 0.387 e. The summed E-state index contributed by atoms with van der Waals surface area (Å²) in [6, 6.07) is 5.02. The molecule has 4 heteroatoms. The van der Waals surface area contributed by atoms with E-state index in [1.54, 1.807) is 18.2 Å². The summed E-state index contributed by atoms with van der Waals surface area (Å²) in [5.41, 5.74) is 0.654. The van der Waals surface area contributed by atoms with Crippen LogP contribution in [0.1, 0.15) is 11.7 Å². The minimum Gasteiger partial charge on any atom is -0.387 e. The Morgan fingerprint density at radius 3 is 2.67 bits per heavy atom. The van der Waals surface area contributed by atoms with Crippen molar-refractivity contribution in [1.29, 1.82) is 0 Å². The van der Waals surface area contributed by atoms with E-state index in [1.165, 1.54) is 0 Å². The van der Waals surface area contributed by atoms with Crippen LogP contribution >= 0.6 is 39.1 Å². The van der Waals surface area contributed by atoms with Crippen LogP contribution in [0.2, 0.25) is 10.0 Å². The second-order valence-corrected chi connectivity index (χ2v) is 3.83. The lowest BCUT2D eigenvalue weighted by Crippen LogP contribution is -1.98. The molecular formula is C8H7BrCl2O. The van der Waals surface area contributed by atoms with E-state index in [-0.39, 0.29) is 0 Å². The third-order valence-corrected chi connectivity index (χ3v) is 2.66. The molecule has 0 saturated heterocycles. The predicted octanol–water partition coefficient (Wildman–Crippen LogP) is 3.42. The normalized spacial score (nSPS) is 13.0. The van der Waals surface area contributed by atoms with Crippen LogP contribution < -0.4 is 0 Å². The van der Waals surface area contributed by atoms with E-state index < -0.39 is 6.10 Å². The van der Waals surface area contributed by atoms with E-state index in [0.717, 1.165) is 0 Å². The second-order valence-electron chi connectivity index (χ2n) is 2.34. The summed E-state index contributed by atoms with van der Waals surface area (Å²) in [6.07, 6.45) is -0.601. The van der Waals surface area contributed by atoms with E-state index in [9.17, 15) is 5.11 Å². The fourth-order valence-corrected chi connectivity index (χ4v) is 1.63. The molecule has 1 aromatic rings. The average molecular weight is 270 g/mol. The highest BCUT2D eigenvalue weighted by molar-refractivity contribution is 9.09. The van der Waals surface area contributed by atoms with E-state index in [1.807, 2.05) is 0 Å². The third kappa shape index (κ3) is 2.36. The highest BCUT2D eigenvalue weighted by Crippen LogP contribution is 2.27. The molecule has 0 aromatic heterocycles. The van der Waals surface area contributed by atoms with Crippen LogP contribution in [0.15, 0.2) is 18.2 Å². The van der Waals surface area contributed by atoms with Crippen LogP contribution in [0.5, 0.6) is 0 Å². The number of halogens is 3. The summed E-state index contributed by atoms with van der Waals surface area (Å²) in [7, 11) is 0. The number of rotatable bonds is 2. The smallest absolute Gasteiger partial charge is 0.0901 e. The van der Waals surface area contributed by atoms with E-state index in [4.69, 9.17) is 23.2 Å². The van der Waals surface area contributed by atoms with Crippen LogP contribution in [0, 0.1) is 0 Å². The molecule has 0 saturated carbocycles. The molecule has 1 rings (SSSR count). The molecule has 0 radical (unpaired) electrons. The van der Waals surface area contributed by atoms with Crippen LogP contribution in [0.3, 0.4) is 0 Å². The third-order valence-electron chi connectivity index (χ3n) is 1.46. The molecule has 0 unspecified atom stereocenters. The second kappa shape index (κ2) is 4.47. The lowest BCUT2D eigenvalue weighted by atomic mass is 10.1. The number of aliphatic hydroxyl groups excluding tert-OH is 1. The van der Waals surface area contributed by atoms with Gasteiger partial charge in [0, 0.05) is 20.9 Å². The number of hydrogen-bond donors (Lipinski definition) is 1. The van der Waals surface area contributed by atoms with E-state index >= 15 is 0 Å². The van der Waals surface area contributed by atoms with Crippen molar-refractivity contribution in [3.63, 3.8) is 0 Å². The van der Waals surface area contributed by atoms with Crippen LogP contribution in [-0.2, 0) is 0 Å². The van der Waals surface area contributed by atoms with Gasteiger partial charge < -0.3 is 5.11 Å². The molecule has 0 spiro atoms. The first-order valence-electron chi connectivity index (χ1n) is 3.34. The first-order valence-corrected chi connectivity index (χ1v) is 5.22. The Bertz CT molecular complexity index is 278. The molecule has 0 aliphatic carbocycles. The van der Waals surface area contributed by atoms with Gasteiger partial charge in [0.1, 0.15) is 0 Å². The molecule has 0 heterocycles. The zero-order valence-electron chi connectivity index (χ0n) is 6.10. The summed E-state index contributed by atoms with van der Waals surface area (Å²) in [5, 5.41) is 11.0. The molecule has 1 aromatic carbocycles. The SMILES string of the molecule is O[C@H](CBr)c1cc(Cl)ccc1Cl. The van der Waals surface area contributed by atoms with Gasteiger partial charge in [-0.15, -0.1) is 0 Å². The van der Waals surface area contributed by atoms with Gasteiger partial charge in [0.05, 0.1) is 6.10 Å². The quantitative estimate of drug-likeness (QED) is 0.816. The Morgan fingerprint density at radius 2 is 2.08 bits per heavy atom. The van der Waals surface area contributed by atoms with Crippen molar-refractivity contribution in [2.75, 3.05) is 5.33 Å². The predicted molar refractivity (Wildman–Crippen MR) is 55.2 cm³/mol. The Hall–Kier alpha value is 0.240. The Balaban J connectivity index is 3.04. The van der Waals surface area contributed by atoms with E-state index in [2.05, 4.69) is 15.9 Å². The molecule has 1 atom stereocenters. The van der Waals surface area contributed by atoms with Gasteiger partial charge in [-0.05, 0) is 18.2 Å². The first-order chi connectivity index (χ1) is 5.65. The summed E-state index contributed by atoms with van der Waals surface area (Å²) < 4.78 is 0. The van der Waals surface area contributed by atoms with Crippen molar-refractivity contribution >= 4 is 39.1 Å². The zero-order valence-corrected chi connectivity index (χ0v) is 9.20. The highest BCUT2D eigenvalue weighted by Gasteiger charge is 2.09. The topological polar surface area (TPSA) is 20.2 Å². The molecule has 12 heavy (non-hydrogen) atoms. The summed E-state index contributed by atoms with van der Waals surface area (Å²) >= 11 is 14.7. The van der Waals surface area contributed by atoms with Gasteiger partial charge in [-0.2, -0.15) is 0 Å². The number of aliphatic hydroxyl groups is 1. The minimum atomic E-state index is -0.601. The van der Waals surface area contributed by atoms with E-state index in [0.29, 0.717) is 20.9 Å².